The van der Waals surface area contributed by atoms with Crippen LogP contribution >= 0.6 is 0 Å². The van der Waals surface area contributed by atoms with Gasteiger partial charge in [0.05, 0.1) is 6.61 Å². The van der Waals surface area contributed by atoms with Gasteiger partial charge < -0.3 is 4.74 Å². The van der Waals surface area contributed by atoms with Gasteiger partial charge in [-0.15, -0.1) is 0 Å². The Morgan fingerprint density at radius 1 is 1.33 bits per heavy atom. The average Bonchev–Trinajstić information content (AvgIpc) is 2.21. The summed E-state index contributed by atoms with van der Waals surface area (Å²) in [6.45, 7) is 2.28. The maximum atomic E-state index is 11.0. The number of hydrogen-bond donors (Lipinski definition) is 0. The highest BCUT2D eigenvalue weighted by atomic mass is 16.5. The number of benzene rings is 1. The second kappa shape index (κ2) is 6.28. The van der Waals surface area contributed by atoms with Gasteiger partial charge in [-0.1, -0.05) is 29.7 Å². The van der Waals surface area contributed by atoms with Crippen molar-refractivity contribution in [3.8, 4) is 0 Å². The van der Waals surface area contributed by atoms with E-state index in [2.05, 4.69) is 0 Å². The fourth-order valence-corrected chi connectivity index (χ4v) is 1.35. The third-order valence-electron chi connectivity index (χ3n) is 2.13. The number of esters is 1. The summed E-state index contributed by atoms with van der Waals surface area (Å²) >= 11 is 0. The molecule has 0 spiro atoms. The summed E-state index contributed by atoms with van der Waals surface area (Å²) in [5.74, 6) is -0.118. The van der Waals surface area contributed by atoms with Crippen molar-refractivity contribution in [3.05, 3.63) is 29.8 Å². The molecule has 0 aromatic heterocycles. The van der Waals surface area contributed by atoms with Gasteiger partial charge in [0, 0.05) is 6.42 Å². The van der Waals surface area contributed by atoms with E-state index in [0.717, 1.165) is 18.3 Å². The standard InChI is InChI=1S/C12H15BO2/c1-2-15-12(14)5-3-4-10-6-8-11(13)9-7-10/h6-9H,2-5H2,1H3. The van der Waals surface area contributed by atoms with Crippen LogP contribution < -0.4 is 5.46 Å². The molecule has 2 nitrogen and oxygen atoms in total. The number of rotatable bonds is 5. The van der Waals surface area contributed by atoms with Crippen LogP contribution in [0, 0.1) is 0 Å². The number of carbonyl (C=O) groups excluding carboxylic acids is 1. The summed E-state index contributed by atoms with van der Waals surface area (Å²) in [4.78, 5) is 11.0. The molecule has 1 rings (SSSR count). The molecule has 2 radical (unpaired) electrons. The van der Waals surface area contributed by atoms with E-state index >= 15 is 0 Å². The highest BCUT2D eigenvalue weighted by Gasteiger charge is 2.01. The van der Waals surface area contributed by atoms with Crippen LogP contribution in [-0.4, -0.2) is 20.4 Å². The highest BCUT2D eigenvalue weighted by molar-refractivity contribution is 6.32. The summed E-state index contributed by atoms with van der Waals surface area (Å²) in [6.07, 6.45) is 2.19. The molecule has 0 aliphatic heterocycles. The minimum absolute atomic E-state index is 0.118. The summed E-state index contributed by atoms with van der Waals surface area (Å²) in [5, 5.41) is 0. The summed E-state index contributed by atoms with van der Waals surface area (Å²) in [6, 6.07) is 7.72. The first-order valence-electron chi connectivity index (χ1n) is 5.22. The predicted molar refractivity (Wildman–Crippen MR) is 61.4 cm³/mol. The van der Waals surface area contributed by atoms with Crippen molar-refractivity contribution in [2.24, 2.45) is 0 Å². The van der Waals surface area contributed by atoms with Crippen LogP contribution in [0.5, 0.6) is 0 Å². The van der Waals surface area contributed by atoms with Crippen molar-refractivity contribution >= 4 is 19.3 Å². The normalized spacial score (nSPS) is 9.93. The molecule has 0 heterocycles. The molecule has 0 fully saturated rings. The summed E-state index contributed by atoms with van der Waals surface area (Å²) in [5.41, 5.74) is 1.97. The van der Waals surface area contributed by atoms with E-state index in [1.165, 1.54) is 5.56 Å². The maximum absolute atomic E-state index is 11.0. The minimum Gasteiger partial charge on any atom is -0.466 e. The Balaban J connectivity index is 2.26. The SMILES string of the molecule is [B]c1ccc(CCCC(=O)OCC)cc1. The molecular formula is C12H15BO2. The van der Waals surface area contributed by atoms with Crippen LogP contribution in [-0.2, 0) is 16.0 Å². The molecule has 1 aromatic rings. The van der Waals surface area contributed by atoms with Gasteiger partial charge in [-0.05, 0) is 25.3 Å². The van der Waals surface area contributed by atoms with E-state index in [1.807, 2.05) is 31.2 Å². The second-order valence-corrected chi connectivity index (χ2v) is 3.40. The lowest BCUT2D eigenvalue weighted by atomic mass is 9.94. The predicted octanol–water partition coefficient (Wildman–Crippen LogP) is 1.37. The van der Waals surface area contributed by atoms with Gasteiger partial charge in [0.1, 0.15) is 7.85 Å². The largest absolute Gasteiger partial charge is 0.466 e. The van der Waals surface area contributed by atoms with Gasteiger partial charge >= 0.3 is 5.97 Å². The molecule has 0 amide bonds. The topological polar surface area (TPSA) is 26.3 Å². The number of carbonyl (C=O) groups is 1. The van der Waals surface area contributed by atoms with Crippen LogP contribution in [0.3, 0.4) is 0 Å². The lowest BCUT2D eigenvalue weighted by Gasteiger charge is -2.02. The first-order chi connectivity index (χ1) is 7.22. The Bertz CT molecular complexity index is 306. The fraction of sp³-hybridized carbons (Fsp3) is 0.417. The minimum atomic E-state index is -0.118. The molecule has 1 aromatic carbocycles. The lowest BCUT2D eigenvalue weighted by molar-refractivity contribution is -0.143. The van der Waals surface area contributed by atoms with Crippen molar-refractivity contribution in [1.29, 1.82) is 0 Å². The molecule has 0 saturated carbocycles. The summed E-state index contributed by atoms with van der Waals surface area (Å²) < 4.78 is 4.84. The quantitative estimate of drug-likeness (QED) is 0.532. The van der Waals surface area contributed by atoms with Crippen molar-refractivity contribution in [2.75, 3.05) is 6.61 Å². The first-order valence-corrected chi connectivity index (χ1v) is 5.22. The zero-order chi connectivity index (χ0) is 11.1. The molecule has 0 N–H and O–H groups in total. The Morgan fingerprint density at radius 3 is 2.60 bits per heavy atom. The molecular weight excluding hydrogens is 187 g/mol. The van der Waals surface area contributed by atoms with E-state index in [-0.39, 0.29) is 5.97 Å². The van der Waals surface area contributed by atoms with Gasteiger partial charge in [0.15, 0.2) is 0 Å². The van der Waals surface area contributed by atoms with Gasteiger partial charge in [0.25, 0.3) is 0 Å². The molecule has 15 heavy (non-hydrogen) atoms. The number of ether oxygens (including phenoxy) is 1. The molecule has 78 valence electrons. The smallest absolute Gasteiger partial charge is 0.305 e. The third kappa shape index (κ3) is 4.68. The van der Waals surface area contributed by atoms with Crippen LogP contribution in [0.1, 0.15) is 25.3 Å². The molecule has 0 aliphatic carbocycles. The number of aryl methyl sites for hydroxylation is 1. The number of hydrogen-bond acceptors (Lipinski definition) is 2. The van der Waals surface area contributed by atoms with E-state index in [4.69, 9.17) is 12.6 Å². The fourth-order valence-electron chi connectivity index (χ4n) is 1.35. The van der Waals surface area contributed by atoms with E-state index in [0.29, 0.717) is 13.0 Å². The Labute approximate surface area is 92.0 Å². The van der Waals surface area contributed by atoms with E-state index in [1.54, 1.807) is 0 Å². The van der Waals surface area contributed by atoms with Gasteiger partial charge in [-0.3, -0.25) is 4.79 Å². The molecule has 0 atom stereocenters. The summed E-state index contributed by atoms with van der Waals surface area (Å²) in [7, 11) is 5.57. The van der Waals surface area contributed by atoms with Crippen LogP contribution in [0.4, 0.5) is 0 Å². The molecule has 0 unspecified atom stereocenters. The van der Waals surface area contributed by atoms with Crippen LogP contribution in [0.2, 0.25) is 0 Å². The molecule has 0 bridgehead atoms. The second-order valence-electron chi connectivity index (χ2n) is 3.40. The molecule has 0 aliphatic rings. The van der Waals surface area contributed by atoms with Crippen molar-refractivity contribution in [1.82, 2.24) is 0 Å². The molecule has 0 saturated heterocycles. The highest BCUT2D eigenvalue weighted by Crippen LogP contribution is 2.04. The third-order valence-corrected chi connectivity index (χ3v) is 2.13. The Morgan fingerprint density at radius 2 is 2.00 bits per heavy atom. The first kappa shape index (κ1) is 11.8. The lowest BCUT2D eigenvalue weighted by Crippen LogP contribution is -2.04. The van der Waals surface area contributed by atoms with Crippen molar-refractivity contribution < 1.29 is 9.53 Å². The van der Waals surface area contributed by atoms with Crippen LogP contribution in [0.25, 0.3) is 0 Å². The van der Waals surface area contributed by atoms with Gasteiger partial charge in [-0.25, -0.2) is 0 Å². The van der Waals surface area contributed by atoms with Gasteiger partial charge in [-0.2, -0.15) is 0 Å². The van der Waals surface area contributed by atoms with Gasteiger partial charge in [0.2, 0.25) is 0 Å². The zero-order valence-electron chi connectivity index (χ0n) is 9.03. The Kier molecular flexibility index (Phi) is 4.95. The van der Waals surface area contributed by atoms with Crippen molar-refractivity contribution in [3.63, 3.8) is 0 Å². The Hall–Kier alpha value is -1.25. The monoisotopic (exact) mass is 202 g/mol. The molecule has 3 heteroatoms. The van der Waals surface area contributed by atoms with E-state index < -0.39 is 0 Å². The maximum Gasteiger partial charge on any atom is 0.305 e. The van der Waals surface area contributed by atoms with Crippen LogP contribution in [0.15, 0.2) is 24.3 Å². The zero-order valence-corrected chi connectivity index (χ0v) is 9.03. The average molecular weight is 202 g/mol. The van der Waals surface area contributed by atoms with E-state index in [9.17, 15) is 4.79 Å². The van der Waals surface area contributed by atoms with Crippen molar-refractivity contribution in [2.45, 2.75) is 26.2 Å².